The number of carboxylic acid groups (broad SMARTS) is 1. The molecule has 2 rings (SSSR count). The van der Waals surface area contributed by atoms with Crippen molar-refractivity contribution in [2.45, 2.75) is 19.9 Å². The third kappa shape index (κ3) is 2.17. The molecule has 0 saturated carbocycles. The lowest BCUT2D eigenvalue weighted by molar-refractivity contribution is -0.138. The van der Waals surface area contributed by atoms with Gasteiger partial charge in [0.25, 0.3) is 5.91 Å². The Bertz CT molecular complexity index is 618. The number of amides is 1. The summed E-state index contributed by atoms with van der Waals surface area (Å²) in [5.74, 6) is -1.50. The van der Waals surface area contributed by atoms with Crippen molar-refractivity contribution >= 4 is 22.8 Å². The summed E-state index contributed by atoms with van der Waals surface area (Å²) < 4.78 is 0. The van der Waals surface area contributed by atoms with E-state index in [0.29, 0.717) is 11.1 Å². The maximum atomic E-state index is 12.0. The van der Waals surface area contributed by atoms with Gasteiger partial charge in [0.15, 0.2) is 0 Å². The van der Waals surface area contributed by atoms with Gasteiger partial charge in [-0.1, -0.05) is 0 Å². The van der Waals surface area contributed by atoms with E-state index in [-0.39, 0.29) is 0 Å². The number of aliphatic carboxylic acids is 1. The van der Waals surface area contributed by atoms with E-state index >= 15 is 0 Å². The van der Waals surface area contributed by atoms with Crippen molar-refractivity contribution < 1.29 is 14.7 Å². The van der Waals surface area contributed by atoms with Crippen LogP contribution < -0.4 is 5.32 Å². The van der Waals surface area contributed by atoms with Gasteiger partial charge >= 0.3 is 5.97 Å². The Labute approximate surface area is 103 Å². The first-order chi connectivity index (χ1) is 8.49. The van der Waals surface area contributed by atoms with Gasteiger partial charge in [0.05, 0.1) is 17.3 Å². The highest BCUT2D eigenvalue weighted by molar-refractivity contribution is 6.06. The second kappa shape index (κ2) is 4.48. The molecule has 18 heavy (non-hydrogen) atoms. The quantitative estimate of drug-likeness (QED) is 0.756. The van der Waals surface area contributed by atoms with Crippen molar-refractivity contribution in [1.82, 2.24) is 15.5 Å². The molecule has 0 fully saturated rings. The van der Waals surface area contributed by atoms with Crippen LogP contribution in [0.15, 0.2) is 18.3 Å². The van der Waals surface area contributed by atoms with E-state index < -0.39 is 17.9 Å². The number of aromatic nitrogens is 2. The van der Waals surface area contributed by atoms with Crippen LogP contribution in [0, 0.1) is 6.92 Å². The third-order valence-corrected chi connectivity index (χ3v) is 2.66. The van der Waals surface area contributed by atoms with E-state index in [2.05, 4.69) is 15.5 Å². The van der Waals surface area contributed by atoms with Gasteiger partial charge in [0.1, 0.15) is 6.04 Å². The topological polar surface area (TPSA) is 95.1 Å². The monoisotopic (exact) mass is 247 g/mol. The standard InChI is InChI=1S/C12H13N3O3/c1-6-3-8-5-13-15-10(8)9(4-6)11(16)14-7(2)12(17)18/h3-5,7H,1-2H3,(H,13,15)(H,14,16)(H,17,18)/t7-/m1/s1. The van der Waals surface area contributed by atoms with Crippen molar-refractivity contribution in [2.75, 3.05) is 0 Å². The van der Waals surface area contributed by atoms with Crippen LogP contribution in [0.2, 0.25) is 0 Å². The summed E-state index contributed by atoms with van der Waals surface area (Å²) in [4.78, 5) is 22.7. The molecule has 6 nitrogen and oxygen atoms in total. The Morgan fingerprint density at radius 2 is 2.17 bits per heavy atom. The molecule has 0 saturated heterocycles. The third-order valence-electron chi connectivity index (χ3n) is 2.66. The second-order valence-electron chi connectivity index (χ2n) is 4.18. The first-order valence-electron chi connectivity index (χ1n) is 5.46. The summed E-state index contributed by atoms with van der Waals surface area (Å²) in [5.41, 5.74) is 1.92. The van der Waals surface area contributed by atoms with Crippen molar-refractivity contribution in [2.24, 2.45) is 0 Å². The summed E-state index contributed by atoms with van der Waals surface area (Å²) in [6.07, 6.45) is 1.62. The molecule has 0 aliphatic carbocycles. The fraction of sp³-hybridized carbons (Fsp3) is 0.250. The van der Waals surface area contributed by atoms with Gasteiger partial charge in [-0.05, 0) is 31.5 Å². The summed E-state index contributed by atoms with van der Waals surface area (Å²) in [7, 11) is 0. The van der Waals surface area contributed by atoms with Gasteiger partial charge < -0.3 is 10.4 Å². The summed E-state index contributed by atoms with van der Waals surface area (Å²) in [6.45, 7) is 3.28. The smallest absolute Gasteiger partial charge is 0.325 e. The average molecular weight is 247 g/mol. The number of carboxylic acids is 1. The minimum atomic E-state index is -1.07. The van der Waals surface area contributed by atoms with Crippen molar-refractivity contribution in [1.29, 1.82) is 0 Å². The predicted molar refractivity (Wildman–Crippen MR) is 65.4 cm³/mol. The second-order valence-corrected chi connectivity index (χ2v) is 4.18. The number of hydrogen-bond donors (Lipinski definition) is 3. The average Bonchev–Trinajstić information content (AvgIpc) is 2.75. The molecule has 1 aromatic heterocycles. The fourth-order valence-corrected chi connectivity index (χ4v) is 1.72. The van der Waals surface area contributed by atoms with Crippen LogP contribution in [-0.2, 0) is 4.79 Å². The Morgan fingerprint density at radius 3 is 2.83 bits per heavy atom. The molecular formula is C12H13N3O3. The number of carbonyl (C=O) groups excluding carboxylic acids is 1. The van der Waals surface area contributed by atoms with E-state index in [4.69, 9.17) is 5.11 Å². The Morgan fingerprint density at radius 1 is 1.44 bits per heavy atom. The highest BCUT2D eigenvalue weighted by Crippen LogP contribution is 2.18. The number of carbonyl (C=O) groups is 2. The van der Waals surface area contributed by atoms with E-state index in [1.54, 1.807) is 12.3 Å². The van der Waals surface area contributed by atoms with Gasteiger partial charge in [-0.3, -0.25) is 14.7 Å². The molecule has 1 heterocycles. The molecule has 0 unspecified atom stereocenters. The van der Waals surface area contributed by atoms with E-state index in [1.807, 2.05) is 13.0 Å². The lowest BCUT2D eigenvalue weighted by Crippen LogP contribution is -2.38. The highest BCUT2D eigenvalue weighted by Gasteiger charge is 2.18. The first-order valence-corrected chi connectivity index (χ1v) is 5.46. The number of nitrogens with one attached hydrogen (secondary N) is 2. The maximum Gasteiger partial charge on any atom is 0.325 e. The number of aromatic amines is 1. The molecule has 0 spiro atoms. The van der Waals surface area contributed by atoms with E-state index in [1.165, 1.54) is 6.92 Å². The van der Waals surface area contributed by atoms with E-state index in [9.17, 15) is 9.59 Å². The normalized spacial score (nSPS) is 12.3. The molecular weight excluding hydrogens is 234 g/mol. The number of fused-ring (bicyclic) bond motifs is 1. The number of benzene rings is 1. The fourth-order valence-electron chi connectivity index (χ4n) is 1.72. The van der Waals surface area contributed by atoms with Crippen molar-refractivity contribution in [3.05, 3.63) is 29.5 Å². The maximum absolute atomic E-state index is 12.0. The molecule has 0 bridgehead atoms. The molecule has 0 aliphatic rings. The molecule has 3 N–H and O–H groups in total. The van der Waals surface area contributed by atoms with Gasteiger partial charge in [0.2, 0.25) is 0 Å². The van der Waals surface area contributed by atoms with Gasteiger partial charge in [-0.25, -0.2) is 0 Å². The Balaban J connectivity index is 2.38. The molecule has 0 aliphatic heterocycles. The molecule has 1 aromatic carbocycles. The summed E-state index contributed by atoms with van der Waals surface area (Å²) >= 11 is 0. The minimum absolute atomic E-state index is 0.399. The van der Waals surface area contributed by atoms with Crippen LogP contribution in [0.25, 0.3) is 10.9 Å². The van der Waals surface area contributed by atoms with Gasteiger partial charge in [-0.2, -0.15) is 5.10 Å². The number of H-pyrrole nitrogens is 1. The molecule has 6 heteroatoms. The predicted octanol–water partition coefficient (Wildman–Crippen LogP) is 1.07. The zero-order chi connectivity index (χ0) is 13.3. The van der Waals surface area contributed by atoms with Crippen LogP contribution in [0.3, 0.4) is 0 Å². The molecule has 1 amide bonds. The zero-order valence-electron chi connectivity index (χ0n) is 10.0. The number of rotatable bonds is 3. The molecule has 1 atom stereocenters. The number of aryl methyl sites for hydroxylation is 1. The van der Waals surface area contributed by atoms with Crippen LogP contribution in [-0.4, -0.2) is 33.2 Å². The Kier molecular flexibility index (Phi) is 3.01. The number of nitrogens with zero attached hydrogens (tertiary/aromatic N) is 1. The van der Waals surface area contributed by atoms with E-state index in [0.717, 1.165) is 10.9 Å². The molecule has 0 radical (unpaired) electrons. The SMILES string of the molecule is Cc1cc(C(=O)N[C@H](C)C(=O)O)c2[nH]ncc2c1. The lowest BCUT2D eigenvalue weighted by atomic mass is 10.1. The Hall–Kier alpha value is -2.37. The van der Waals surface area contributed by atoms with Crippen molar-refractivity contribution in [3.8, 4) is 0 Å². The van der Waals surface area contributed by atoms with Crippen LogP contribution >= 0.6 is 0 Å². The minimum Gasteiger partial charge on any atom is -0.480 e. The van der Waals surface area contributed by atoms with Crippen LogP contribution in [0.1, 0.15) is 22.8 Å². The zero-order valence-corrected chi connectivity index (χ0v) is 10.0. The molecule has 2 aromatic rings. The summed E-state index contributed by atoms with van der Waals surface area (Å²) in [6, 6.07) is 2.66. The van der Waals surface area contributed by atoms with Gasteiger partial charge in [0, 0.05) is 5.39 Å². The van der Waals surface area contributed by atoms with Crippen molar-refractivity contribution in [3.63, 3.8) is 0 Å². The summed E-state index contributed by atoms with van der Waals surface area (Å²) in [5, 5.41) is 18.6. The van der Waals surface area contributed by atoms with Crippen LogP contribution in [0.4, 0.5) is 0 Å². The van der Waals surface area contributed by atoms with Gasteiger partial charge in [-0.15, -0.1) is 0 Å². The molecule has 94 valence electrons. The highest BCUT2D eigenvalue weighted by atomic mass is 16.4. The van der Waals surface area contributed by atoms with Crippen LogP contribution in [0.5, 0.6) is 0 Å². The first kappa shape index (κ1) is 12.1. The largest absolute Gasteiger partial charge is 0.480 e. The number of hydrogen-bond acceptors (Lipinski definition) is 3. The lowest BCUT2D eigenvalue weighted by Gasteiger charge is -2.10.